The van der Waals surface area contributed by atoms with Crippen LogP contribution in [0.2, 0.25) is 0 Å². The van der Waals surface area contributed by atoms with Crippen LogP contribution in [0.4, 0.5) is 0 Å². The standard InChI is InChI=1S/C19H30N2.ClH/c1-3-5-6-7-8-9-10-13-16-21-18-15-12-11-14-17(18)20-19(21)4-2;/h11-12,14-15H,3-10,13,16H2,1-2H3;1H. The maximum absolute atomic E-state index is 4.74. The van der Waals surface area contributed by atoms with Crippen molar-refractivity contribution in [3.05, 3.63) is 30.1 Å². The lowest BCUT2D eigenvalue weighted by atomic mass is 10.1. The molecule has 0 unspecified atom stereocenters. The van der Waals surface area contributed by atoms with Gasteiger partial charge in [-0.1, -0.05) is 70.9 Å². The topological polar surface area (TPSA) is 17.8 Å². The van der Waals surface area contributed by atoms with Gasteiger partial charge in [-0.25, -0.2) is 4.98 Å². The molecular formula is C19H31ClN2. The summed E-state index contributed by atoms with van der Waals surface area (Å²) in [6.07, 6.45) is 12.0. The minimum Gasteiger partial charge on any atom is -0.328 e. The zero-order valence-electron chi connectivity index (χ0n) is 14.2. The molecule has 0 amide bonds. The van der Waals surface area contributed by atoms with Crippen molar-refractivity contribution in [2.45, 2.75) is 78.2 Å². The van der Waals surface area contributed by atoms with Gasteiger partial charge in [-0.2, -0.15) is 0 Å². The smallest absolute Gasteiger partial charge is 0.109 e. The number of fused-ring (bicyclic) bond motifs is 1. The number of imidazole rings is 1. The third-order valence-electron chi connectivity index (χ3n) is 4.29. The average molecular weight is 323 g/mol. The normalized spacial score (nSPS) is 10.8. The van der Waals surface area contributed by atoms with Gasteiger partial charge in [0.1, 0.15) is 5.82 Å². The van der Waals surface area contributed by atoms with Gasteiger partial charge in [0.25, 0.3) is 0 Å². The highest BCUT2D eigenvalue weighted by Gasteiger charge is 2.07. The number of aromatic nitrogens is 2. The van der Waals surface area contributed by atoms with Crippen LogP contribution in [0.3, 0.4) is 0 Å². The zero-order chi connectivity index (χ0) is 14.9. The molecule has 0 aliphatic heterocycles. The lowest BCUT2D eigenvalue weighted by molar-refractivity contribution is 0.541. The van der Waals surface area contributed by atoms with Crippen LogP contribution >= 0.6 is 12.4 Å². The molecule has 0 bridgehead atoms. The molecule has 0 aliphatic rings. The maximum Gasteiger partial charge on any atom is 0.109 e. The Kier molecular flexibility index (Phi) is 9.22. The van der Waals surface area contributed by atoms with Crippen molar-refractivity contribution in [2.24, 2.45) is 0 Å². The third kappa shape index (κ3) is 5.31. The highest BCUT2D eigenvalue weighted by atomic mass is 35.5. The fourth-order valence-electron chi connectivity index (χ4n) is 3.05. The fourth-order valence-corrected chi connectivity index (χ4v) is 3.05. The third-order valence-corrected chi connectivity index (χ3v) is 4.29. The molecule has 22 heavy (non-hydrogen) atoms. The lowest BCUT2D eigenvalue weighted by Crippen LogP contribution is -2.03. The summed E-state index contributed by atoms with van der Waals surface area (Å²) < 4.78 is 2.42. The van der Waals surface area contributed by atoms with Crippen LogP contribution in [0, 0.1) is 0 Å². The molecule has 124 valence electrons. The van der Waals surface area contributed by atoms with Crippen LogP contribution in [-0.4, -0.2) is 9.55 Å². The highest BCUT2D eigenvalue weighted by Crippen LogP contribution is 2.18. The molecule has 1 aromatic carbocycles. The first kappa shape index (κ1) is 19.0. The Bertz CT molecular complexity index is 533. The summed E-state index contributed by atoms with van der Waals surface area (Å²) in [7, 11) is 0. The molecule has 0 spiro atoms. The summed E-state index contributed by atoms with van der Waals surface area (Å²) >= 11 is 0. The molecule has 1 heterocycles. The van der Waals surface area contributed by atoms with E-state index in [0.29, 0.717) is 0 Å². The van der Waals surface area contributed by atoms with Gasteiger partial charge in [0.05, 0.1) is 11.0 Å². The van der Waals surface area contributed by atoms with Crippen molar-refractivity contribution >= 4 is 23.4 Å². The van der Waals surface area contributed by atoms with Crippen LogP contribution in [0.5, 0.6) is 0 Å². The Labute approximate surface area is 141 Å². The first-order valence-electron chi connectivity index (χ1n) is 8.81. The molecule has 0 saturated heterocycles. The van der Waals surface area contributed by atoms with Gasteiger partial charge in [0, 0.05) is 13.0 Å². The predicted molar refractivity (Wildman–Crippen MR) is 99.0 cm³/mol. The molecule has 0 N–H and O–H groups in total. The lowest BCUT2D eigenvalue weighted by Gasteiger charge is -2.08. The number of rotatable bonds is 10. The molecule has 2 aromatic rings. The van der Waals surface area contributed by atoms with E-state index in [4.69, 9.17) is 4.98 Å². The molecule has 2 rings (SSSR count). The number of unbranched alkanes of at least 4 members (excludes halogenated alkanes) is 7. The Hall–Kier alpha value is -1.02. The molecule has 0 radical (unpaired) electrons. The van der Waals surface area contributed by atoms with E-state index in [2.05, 4.69) is 42.7 Å². The number of halogens is 1. The molecule has 0 saturated carbocycles. The predicted octanol–water partition coefficient (Wildman–Crippen LogP) is 6.16. The van der Waals surface area contributed by atoms with Crippen LogP contribution in [0.25, 0.3) is 11.0 Å². The van der Waals surface area contributed by atoms with Crippen molar-refractivity contribution < 1.29 is 0 Å². The van der Waals surface area contributed by atoms with Gasteiger partial charge in [0.2, 0.25) is 0 Å². The summed E-state index contributed by atoms with van der Waals surface area (Å²) in [5, 5.41) is 0. The number of para-hydroxylation sites is 2. The Morgan fingerprint density at radius 3 is 2.18 bits per heavy atom. The largest absolute Gasteiger partial charge is 0.328 e. The van der Waals surface area contributed by atoms with Gasteiger partial charge in [-0.15, -0.1) is 12.4 Å². The minimum absolute atomic E-state index is 0. The highest BCUT2D eigenvalue weighted by molar-refractivity contribution is 5.85. The second kappa shape index (κ2) is 10.7. The van der Waals surface area contributed by atoms with E-state index < -0.39 is 0 Å². The molecule has 0 atom stereocenters. The second-order valence-electron chi connectivity index (χ2n) is 6.00. The number of nitrogens with zero attached hydrogens (tertiary/aromatic N) is 2. The number of benzene rings is 1. The Morgan fingerprint density at radius 1 is 0.864 bits per heavy atom. The second-order valence-corrected chi connectivity index (χ2v) is 6.00. The summed E-state index contributed by atoms with van der Waals surface area (Å²) in [5.74, 6) is 1.24. The Balaban J connectivity index is 0.00000242. The summed E-state index contributed by atoms with van der Waals surface area (Å²) in [6.45, 7) is 5.60. The molecule has 0 fully saturated rings. The van der Waals surface area contributed by atoms with E-state index in [-0.39, 0.29) is 12.4 Å². The molecule has 0 aliphatic carbocycles. The van der Waals surface area contributed by atoms with E-state index in [1.807, 2.05) is 0 Å². The summed E-state index contributed by atoms with van der Waals surface area (Å²) in [4.78, 5) is 4.74. The van der Waals surface area contributed by atoms with E-state index in [1.165, 1.54) is 62.7 Å². The fraction of sp³-hybridized carbons (Fsp3) is 0.632. The van der Waals surface area contributed by atoms with E-state index >= 15 is 0 Å². The number of hydrogen-bond acceptors (Lipinski definition) is 1. The Morgan fingerprint density at radius 2 is 1.50 bits per heavy atom. The van der Waals surface area contributed by atoms with Crippen LogP contribution in [0.1, 0.15) is 71.0 Å². The van der Waals surface area contributed by atoms with Crippen LogP contribution in [0.15, 0.2) is 24.3 Å². The van der Waals surface area contributed by atoms with Crippen molar-refractivity contribution in [2.75, 3.05) is 0 Å². The van der Waals surface area contributed by atoms with E-state index in [1.54, 1.807) is 0 Å². The van der Waals surface area contributed by atoms with E-state index in [0.717, 1.165) is 18.5 Å². The van der Waals surface area contributed by atoms with Crippen LogP contribution in [-0.2, 0) is 13.0 Å². The quantitative estimate of drug-likeness (QED) is 0.479. The molecular weight excluding hydrogens is 292 g/mol. The first-order chi connectivity index (χ1) is 10.4. The SMILES string of the molecule is CCCCCCCCCCn1c(CC)nc2ccccc21.Cl. The maximum atomic E-state index is 4.74. The van der Waals surface area contributed by atoms with E-state index in [9.17, 15) is 0 Å². The monoisotopic (exact) mass is 322 g/mol. The van der Waals surface area contributed by atoms with Gasteiger partial charge in [-0.3, -0.25) is 0 Å². The molecule has 3 heteroatoms. The number of hydrogen-bond donors (Lipinski definition) is 0. The summed E-state index contributed by atoms with van der Waals surface area (Å²) in [6, 6.07) is 8.52. The van der Waals surface area contributed by atoms with Gasteiger partial charge in [-0.05, 0) is 18.6 Å². The average Bonchev–Trinajstić information content (AvgIpc) is 2.88. The minimum atomic E-state index is 0. The molecule has 2 nitrogen and oxygen atoms in total. The van der Waals surface area contributed by atoms with Crippen molar-refractivity contribution in [3.63, 3.8) is 0 Å². The van der Waals surface area contributed by atoms with Gasteiger partial charge >= 0.3 is 0 Å². The zero-order valence-corrected chi connectivity index (χ0v) is 15.0. The van der Waals surface area contributed by atoms with Crippen molar-refractivity contribution in [3.8, 4) is 0 Å². The van der Waals surface area contributed by atoms with Gasteiger partial charge in [0.15, 0.2) is 0 Å². The first-order valence-corrected chi connectivity index (χ1v) is 8.81. The summed E-state index contributed by atoms with van der Waals surface area (Å²) in [5.41, 5.74) is 2.45. The van der Waals surface area contributed by atoms with Crippen LogP contribution < -0.4 is 0 Å². The van der Waals surface area contributed by atoms with Crippen molar-refractivity contribution in [1.29, 1.82) is 0 Å². The van der Waals surface area contributed by atoms with Crippen molar-refractivity contribution in [1.82, 2.24) is 9.55 Å². The van der Waals surface area contributed by atoms with Gasteiger partial charge < -0.3 is 4.57 Å². The molecule has 1 aromatic heterocycles. The number of aryl methyl sites for hydroxylation is 2.